The van der Waals surface area contributed by atoms with E-state index in [0.717, 1.165) is 31.8 Å². The minimum absolute atomic E-state index is 0.862. The average molecular weight is 219 g/mol. The monoisotopic (exact) mass is 219 g/mol. The summed E-state index contributed by atoms with van der Waals surface area (Å²) in [7, 11) is 0. The highest BCUT2D eigenvalue weighted by Gasteiger charge is 1.98. The first kappa shape index (κ1) is 11.0. The van der Waals surface area contributed by atoms with Gasteiger partial charge in [0, 0.05) is 37.8 Å². The second kappa shape index (κ2) is 5.51. The Morgan fingerprint density at radius 3 is 3.12 bits per heavy atom. The molecule has 4 nitrogen and oxygen atoms in total. The van der Waals surface area contributed by atoms with Gasteiger partial charge in [-0.25, -0.2) is 0 Å². The Balaban J connectivity index is 1.68. The summed E-state index contributed by atoms with van der Waals surface area (Å²) in [6, 6.07) is 3.91. The lowest BCUT2D eigenvalue weighted by Gasteiger charge is -2.00. The predicted molar refractivity (Wildman–Crippen MR) is 62.0 cm³/mol. The number of hydrogen-bond donors (Lipinski definition) is 1. The first-order valence-electron chi connectivity index (χ1n) is 5.63. The maximum Gasteiger partial charge on any atom is 0.105 e. The molecule has 1 N–H and O–H groups in total. The largest absolute Gasteiger partial charge is 0.469 e. The van der Waals surface area contributed by atoms with Gasteiger partial charge in [-0.2, -0.15) is 5.10 Å². The van der Waals surface area contributed by atoms with Crippen molar-refractivity contribution in [3.05, 3.63) is 42.1 Å². The number of furan rings is 1. The molecule has 86 valence electrons. The molecule has 0 fully saturated rings. The lowest BCUT2D eigenvalue weighted by Crippen LogP contribution is -2.16. The van der Waals surface area contributed by atoms with Crippen molar-refractivity contribution < 1.29 is 4.42 Å². The normalized spacial score (nSPS) is 10.8. The Morgan fingerprint density at radius 1 is 1.50 bits per heavy atom. The highest BCUT2D eigenvalue weighted by atomic mass is 16.3. The fraction of sp³-hybridized carbons (Fsp3) is 0.417. The number of nitrogens with zero attached hydrogens (tertiary/aromatic N) is 2. The van der Waals surface area contributed by atoms with Crippen molar-refractivity contribution in [2.45, 2.75) is 26.4 Å². The van der Waals surface area contributed by atoms with Crippen molar-refractivity contribution in [3.8, 4) is 0 Å². The van der Waals surface area contributed by atoms with Crippen molar-refractivity contribution in [1.29, 1.82) is 0 Å². The number of nitrogens with one attached hydrogen (secondary N) is 1. The van der Waals surface area contributed by atoms with Gasteiger partial charge in [-0.05, 0) is 19.1 Å². The molecule has 0 aromatic carbocycles. The van der Waals surface area contributed by atoms with Crippen molar-refractivity contribution in [3.63, 3.8) is 0 Å². The van der Waals surface area contributed by atoms with Gasteiger partial charge in [0.25, 0.3) is 0 Å². The van der Waals surface area contributed by atoms with Crippen LogP contribution in [0.4, 0.5) is 0 Å². The van der Waals surface area contributed by atoms with Gasteiger partial charge in [0.05, 0.1) is 12.5 Å². The van der Waals surface area contributed by atoms with E-state index in [1.165, 1.54) is 5.56 Å². The molecule has 0 unspecified atom stereocenters. The third-order valence-corrected chi connectivity index (χ3v) is 2.47. The fourth-order valence-electron chi connectivity index (χ4n) is 1.57. The molecule has 0 aliphatic carbocycles. The van der Waals surface area contributed by atoms with Gasteiger partial charge in [0.15, 0.2) is 0 Å². The second-order valence-electron chi connectivity index (χ2n) is 3.71. The van der Waals surface area contributed by atoms with E-state index in [9.17, 15) is 0 Å². The van der Waals surface area contributed by atoms with Gasteiger partial charge >= 0.3 is 0 Å². The molecule has 0 bridgehead atoms. The van der Waals surface area contributed by atoms with Crippen LogP contribution in [-0.4, -0.2) is 16.3 Å². The molecule has 0 amide bonds. The van der Waals surface area contributed by atoms with Crippen LogP contribution in [0.1, 0.15) is 18.2 Å². The zero-order valence-corrected chi connectivity index (χ0v) is 9.52. The third-order valence-electron chi connectivity index (χ3n) is 2.47. The Morgan fingerprint density at radius 2 is 2.44 bits per heavy atom. The lowest BCUT2D eigenvalue weighted by atomic mass is 10.3. The zero-order valence-electron chi connectivity index (χ0n) is 9.52. The van der Waals surface area contributed by atoms with Gasteiger partial charge in [-0.15, -0.1) is 0 Å². The highest BCUT2D eigenvalue weighted by Crippen LogP contribution is 2.00. The van der Waals surface area contributed by atoms with Crippen LogP contribution in [0, 0.1) is 0 Å². The molecule has 4 heteroatoms. The molecule has 2 aromatic heterocycles. The molecule has 2 rings (SSSR count). The fourth-order valence-corrected chi connectivity index (χ4v) is 1.57. The van der Waals surface area contributed by atoms with Crippen LogP contribution in [0.15, 0.2) is 35.2 Å². The molecule has 0 spiro atoms. The van der Waals surface area contributed by atoms with Gasteiger partial charge in [0.1, 0.15) is 5.76 Å². The van der Waals surface area contributed by atoms with Gasteiger partial charge in [0.2, 0.25) is 0 Å². The molecule has 0 radical (unpaired) electrons. The molecule has 16 heavy (non-hydrogen) atoms. The van der Waals surface area contributed by atoms with E-state index in [2.05, 4.69) is 23.5 Å². The molecule has 0 saturated heterocycles. The number of aromatic nitrogens is 2. The number of hydrogen-bond acceptors (Lipinski definition) is 3. The lowest BCUT2D eigenvalue weighted by molar-refractivity contribution is 0.499. The van der Waals surface area contributed by atoms with Crippen molar-refractivity contribution >= 4 is 0 Å². The van der Waals surface area contributed by atoms with E-state index in [1.807, 2.05) is 23.0 Å². The summed E-state index contributed by atoms with van der Waals surface area (Å²) in [4.78, 5) is 0. The molecule has 0 atom stereocenters. The molecule has 0 aliphatic heterocycles. The zero-order chi connectivity index (χ0) is 11.2. The van der Waals surface area contributed by atoms with E-state index >= 15 is 0 Å². The van der Waals surface area contributed by atoms with E-state index in [4.69, 9.17) is 4.42 Å². The van der Waals surface area contributed by atoms with Gasteiger partial charge < -0.3 is 9.73 Å². The van der Waals surface area contributed by atoms with Crippen LogP contribution in [0.2, 0.25) is 0 Å². The molecule has 0 aliphatic rings. The van der Waals surface area contributed by atoms with E-state index in [-0.39, 0.29) is 0 Å². The Labute approximate surface area is 95.3 Å². The summed E-state index contributed by atoms with van der Waals surface area (Å²) < 4.78 is 7.18. The SMILES string of the molecule is CCn1cc(CNCCc2ccco2)cn1. The van der Waals surface area contributed by atoms with E-state index < -0.39 is 0 Å². The average Bonchev–Trinajstić information content (AvgIpc) is 2.95. The first-order valence-corrected chi connectivity index (χ1v) is 5.63. The van der Waals surface area contributed by atoms with Crippen LogP contribution in [0.25, 0.3) is 0 Å². The van der Waals surface area contributed by atoms with Crippen molar-refractivity contribution in [2.24, 2.45) is 0 Å². The Hall–Kier alpha value is -1.55. The topological polar surface area (TPSA) is 43.0 Å². The third kappa shape index (κ3) is 2.97. The van der Waals surface area contributed by atoms with E-state index in [1.54, 1.807) is 6.26 Å². The summed E-state index contributed by atoms with van der Waals surface area (Å²) in [5.41, 5.74) is 1.22. The number of rotatable bonds is 6. The van der Waals surface area contributed by atoms with Gasteiger partial charge in [-0.3, -0.25) is 4.68 Å². The summed E-state index contributed by atoms with van der Waals surface area (Å²) in [5, 5.41) is 7.59. The summed E-state index contributed by atoms with van der Waals surface area (Å²) in [6.07, 6.45) is 6.61. The molecule has 2 heterocycles. The van der Waals surface area contributed by atoms with Crippen LogP contribution in [0.3, 0.4) is 0 Å². The van der Waals surface area contributed by atoms with E-state index in [0.29, 0.717) is 0 Å². The Bertz CT molecular complexity index is 406. The Kier molecular flexibility index (Phi) is 3.77. The van der Waals surface area contributed by atoms with Crippen molar-refractivity contribution in [2.75, 3.05) is 6.54 Å². The van der Waals surface area contributed by atoms with Crippen LogP contribution < -0.4 is 5.32 Å². The quantitative estimate of drug-likeness (QED) is 0.754. The smallest absolute Gasteiger partial charge is 0.105 e. The minimum atomic E-state index is 0.862. The summed E-state index contributed by atoms with van der Waals surface area (Å²) >= 11 is 0. The van der Waals surface area contributed by atoms with Crippen molar-refractivity contribution in [1.82, 2.24) is 15.1 Å². The molecular weight excluding hydrogens is 202 g/mol. The molecule has 0 saturated carbocycles. The van der Waals surface area contributed by atoms with Crippen LogP contribution in [0.5, 0.6) is 0 Å². The minimum Gasteiger partial charge on any atom is -0.469 e. The number of aryl methyl sites for hydroxylation is 1. The van der Waals surface area contributed by atoms with Crippen LogP contribution in [-0.2, 0) is 19.5 Å². The standard InChI is InChI=1S/C12H17N3O/c1-2-15-10-11(9-14-15)8-13-6-5-12-4-3-7-16-12/h3-4,7,9-10,13H,2,5-6,8H2,1H3. The molecular formula is C12H17N3O. The summed E-state index contributed by atoms with van der Waals surface area (Å²) in [5.74, 6) is 1.02. The van der Waals surface area contributed by atoms with Gasteiger partial charge in [-0.1, -0.05) is 0 Å². The summed E-state index contributed by atoms with van der Waals surface area (Å²) in [6.45, 7) is 4.79. The molecule has 2 aromatic rings. The highest BCUT2D eigenvalue weighted by molar-refractivity contribution is 5.03. The first-order chi connectivity index (χ1) is 7.88. The predicted octanol–water partition coefficient (Wildman–Crippen LogP) is 1.83. The van der Waals surface area contributed by atoms with Crippen LogP contribution >= 0.6 is 0 Å². The maximum absolute atomic E-state index is 5.25. The second-order valence-corrected chi connectivity index (χ2v) is 3.71. The maximum atomic E-state index is 5.25.